The Labute approximate surface area is 170 Å². The number of nitrogens with zero attached hydrogens (tertiary/aromatic N) is 2. The highest BCUT2D eigenvalue weighted by atomic mass is 32.2. The number of hydrogen-bond acceptors (Lipinski definition) is 5. The molecular formula is C22H21N4O2S-. The van der Waals surface area contributed by atoms with Gasteiger partial charge in [0.05, 0.1) is 15.7 Å². The van der Waals surface area contributed by atoms with Crippen LogP contribution in [0.15, 0.2) is 54.7 Å². The Bertz CT molecular complexity index is 1200. The van der Waals surface area contributed by atoms with Gasteiger partial charge in [-0.15, -0.1) is 5.69 Å². The Balaban J connectivity index is 1.88. The van der Waals surface area contributed by atoms with Gasteiger partial charge in [-0.3, -0.25) is 4.98 Å². The minimum absolute atomic E-state index is 0.262. The highest BCUT2D eigenvalue weighted by Crippen LogP contribution is 2.42. The summed E-state index contributed by atoms with van der Waals surface area (Å²) in [6.07, 6.45) is 6.13. The van der Waals surface area contributed by atoms with Crippen molar-refractivity contribution >= 4 is 27.6 Å². The van der Waals surface area contributed by atoms with Gasteiger partial charge in [-0.2, -0.15) is 0 Å². The van der Waals surface area contributed by atoms with Gasteiger partial charge in [-0.25, -0.2) is 8.42 Å². The van der Waals surface area contributed by atoms with E-state index in [2.05, 4.69) is 21.8 Å². The summed E-state index contributed by atoms with van der Waals surface area (Å²) in [6.45, 7) is 0. The van der Waals surface area contributed by atoms with Crippen molar-refractivity contribution in [3.8, 4) is 22.4 Å². The monoisotopic (exact) mass is 405 g/mol. The molecule has 0 radical (unpaired) electrons. The zero-order chi connectivity index (χ0) is 20.6. The lowest BCUT2D eigenvalue weighted by Crippen LogP contribution is -1.96. The third-order valence-corrected chi connectivity index (χ3v) is 5.45. The number of nitrogens with one attached hydrogen (secondary N) is 1. The van der Waals surface area contributed by atoms with E-state index in [0.717, 1.165) is 28.6 Å². The molecule has 1 aliphatic rings. The molecule has 1 saturated carbocycles. The number of nitrogens with two attached hydrogens (primary N) is 1. The third kappa shape index (κ3) is 4.30. The second-order valence-corrected chi connectivity index (χ2v) is 8.95. The molecule has 148 valence electrons. The Kier molecular flexibility index (Phi) is 4.84. The number of anilines is 1. The van der Waals surface area contributed by atoms with E-state index in [0.29, 0.717) is 17.2 Å². The molecule has 1 aromatic heterocycles. The molecule has 3 N–H and O–H groups in total. The van der Waals surface area contributed by atoms with E-state index in [1.807, 2.05) is 18.2 Å². The van der Waals surface area contributed by atoms with Crippen LogP contribution in [0.2, 0.25) is 0 Å². The number of sulfonamides is 1. The molecule has 4 rings (SSSR count). The summed E-state index contributed by atoms with van der Waals surface area (Å²) in [6, 6.07) is 15.4. The SMILES string of the molecule is CS(=O)(=O)[N-]c1cnc(-c2cccc(C3CC3)c2)c(-c2ccc(N)c(C=N)c2)c1. The zero-order valence-corrected chi connectivity index (χ0v) is 16.8. The average molecular weight is 406 g/mol. The third-order valence-electron chi connectivity index (χ3n) is 4.91. The maximum atomic E-state index is 11.6. The number of rotatable bonds is 6. The Morgan fingerprint density at radius 2 is 1.93 bits per heavy atom. The summed E-state index contributed by atoms with van der Waals surface area (Å²) in [7, 11) is -3.55. The molecule has 1 heterocycles. The van der Waals surface area contributed by atoms with Crippen LogP contribution in [0.25, 0.3) is 27.1 Å². The number of pyridine rings is 1. The molecule has 6 nitrogen and oxygen atoms in total. The van der Waals surface area contributed by atoms with Crippen LogP contribution in [-0.2, 0) is 10.0 Å². The van der Waals surface area contributed by atoms with Gasteiger partial charge in [-0.1, -0.05) is 30.3 Å². The van der Waals surface area contributed by atoms with Crippen molar-refractivity contribution < 1.29 is 8.42 Å². The van der Waals surface area contributed by atoms with Crippen LogP contribution in [0.5, 0.6) is 0 Å². The van der Waals surface area contributed by atoms with Crippen molar-refractivity contribution in [2.45, 2.75) is 18.8 Å². The highest BCUT2D eigenvalue weighted by Gasteiger charge is 2.24. The van der Waals surface area contributed by atoms with E-state index in [1.165, 1.54) is 30.8 Å². The van der Waals surface area contributed by atoms with Crippen molar-refractivity contribution in [1.29, 1.82) is 5.41 Å². The molecule has 0 spiro atoms. The Morgan fingerprint density at radius 3 is 2.62 bits per heavy atom. The normalized spacial score (nSPS) is 13.8. The molecule has 0 aliphatic heterocycles. The second-order valence-electron chi connectivity index (χ2n) is 7.30. The zero-order valence-electron chi connectivity index (χ0n) is 16.0. The fourth-order valence-corrected chi connectivity index (χ4v) is 3.85. The predicted molar refractivity (Wildman–Crippen MR) is 117 cm³/mol. The highest BCUT2D eigenvalue weighted by molar-refractivity contribution is 7.93. The molecule has 0 atom stereocenters. The Hall–Kier alpha value is -3.19. The number of aromatic nitrogens is 1. The average Bonchev–Trinajstić information content (AvgIpc) is 3.52. The van der Waals surface area contributed by atoms with Gasteiger partial charge in [-0.05, 0) is 48.1 Å². The van der Waals surface area contributed by atoms with Crippen molar-refractivity contribution in [3.63, 3.8) is 0 Å². The van der Waals surface area contributed by atoms with E-state index in [1.54, 1.807) is 18.2 Å². The first kappa shape index (κ1) is 19.1. The van der Waals surface area contributed by atoms with Crippen LogP contribution in [0.4, 0.5) is 11.4 Å². The van der Waals surface area contributed by atoms with Crippen molar-refractivity contribution in [1.82, 2.24) is 4.98 Å². The summed E-state index contributed by atoms with van der Waals surface area (Å²) in [5, 5.41) is 7.59. The smallest absolute Gasteiger partial charge is 0.0909 e. The first-order chi connectivity index (χ1) is 13.8. The molecule has 0 saturated heterocycles. The molecular weight excluding hydrogens is 384 g/mol. The van der Waals surface area contributed by atoms with Crippen molar-refractivity contribution in [2.24, 2.45) is 0 Å². The van der Waals surface area contributed by atoms with Gasteiger partial charge in [0.15, 0.2) is 0 Å². The number of hydrogen-bond donors (Lipinski definition) is 2. The number of nitrogen functional groups attached to an aromatic ring is 1. The largest absolute Gasteiger partial charge is 0.576 e. The van der Waals surface area contributed by atoms with Gasteiger partial charge in [0.1, 0.15) is 0 Å². The van der Waals surface area contributed by atoms with E-state index in [-0.39, 0.29) is 5.69 Å². The van der Waals surface area contributed by atoms with Gasteiger partial charge >= 0.3 is 0 Å². The van der Waals surface area contributed by atoms with Crippen molar-refractivity contribution in [2.75, 3.05) is 12.0 Å². The van der Waals surface area contributed by atoms with Gasteiger partial charge < -0.3 is 15.9 Å². The van der Waals surface area contributed by atoms with Gasteiger partial charge in [0, 0.05) is 41.0 Å². The Morgan fingerprint density at radius 1 is 1.14 bits per heavy atom. The molecule has 0 amide bonds. The maximum Gasteiger partial charge on any atom is 0.0909 e. The lowest BCUT2D eigenvalue weighted by Gasteiger charge is -2.21. The summed E-state index contributed by atoms with van der Waals surface area (Å²) in [5.41, 5.74) is 11.8. The standard InChI is InChI=1S/C22H21N4O2S/c1-29(27,28)26-19-11-20(16-7-8-21(24)18(10-16)12-23)22(25-13-19)17-4-2-3-15(9-17)14-5-6-14/h2-4,7-14,23H,5-6,24H2,1H3/q-1. The molecule has 7 heteroatoms. The molecule has 1 aliphatic carbocycles. The maximum absolute atomic E-state index is 11.6. The van der Waals surface area contributed by atoms with E-state index in [4.69, 9.17) is 11.1 Å². The quantitative estimate of drug-likeness (QED) is 0.451. The predicted octanol–water partition coefficient (Wildman–Crippen LogP) is 4.84. The topological polar surface area (TPSA) is 111 Å². The first-order valence-electron chi connectivity index (χ1n) is 9.28. The molecule has 3 aromatic rings. The van der Waals surface area contributed by atoms with Crippen LogP contribution in [-0.4, -0.2) is 25.9 Å². The molecule has 0 unspecified atom stereocenters. The van der Waals surface area contributed by atoms with Crippen LogP contribution in [0.3, 0.4) is 0 Å². The van der Waals surface area contributed by atoms with Crippen LogP contribution >= 0.6 is 0 Å². The molecule has 0 bridgehead atoms. The summed E-state index contributed by atoms with van der Waals surface area (Å²) in [4.78, 5) is 4.56. The van der Waals surface area contributed by atoms with Crippen molar-refractivity contribution in [3.05, 3.63) is 70.6 Å². The molecule has 1 fully saturated rings. The summed E-state index contributed by atoms with van der Waals surface area (Å²) >= 11 is 0. The van der Waals surface area contributed by atoms with E-state index in [9.17, 15) is 8.42 Å². The fraction of sp³-hybridized carbons (Fsp3) is 0.182. The minimum atomic E-state index is -3.55. The van der Waals surface area contributed by atoms with Gasteiger partial charge in [0.25, 0.3) is 0 Å². The first-order valence-corrected chi connectivity index (χ1v) is 11.1. The number of benzene rings is 2. The summed E-state index contributed by atoms with van der Waals surface area (Å²) in [5.74, 6) is 0.610. The lowest BCUT2D eigenvalue weighted by molar-refractivity contribution is 0.609. The van der Waals surface area contributed by atoms with Crippen LogP contribution in [0, 0.1) is 5.41 Å². The van der Waals surface area contributed by atoms with E-state index < -0.39 is 10.0 Å². The van der Waals surface area contributed by atoms with Gasteiger partial charge in [0.2, 0.25) is 0 Å². The second kappa shape index (κ2) is 7.33. The van der Waals surface area contributed by atoms with Crippen LogP contribution < -0.4 is 5.73 Å². The minimum Gasteiger partial charge on any atom is -0.576 e. The fourth-order valence-electron chi connectivity index (χ4n) is 3.37. The summed E-state index contributed by atoms with van der Waals surface area (Å²) < 4.78 is 27.0. The molecule has 2 aromatic carbocycles. The molecule has 29 heavy (non-hydrogen) atoms. The van der Waals surface area contributed by atoms with Crippen LogP contribution in [0.1, 0.15) is 29.9 Å². The van der Waals surface area contributed by atoms with E-state index >= 15 is 0 Å². The lowest BCUT2D eigenvalue weighted by atomic mass is 9.95.